The predicted molar refractivity (Wildman–Crippen MR) is 117 cm³/mol. The first-order chi connectivity index (χ1) is 13.5. The Balaban J connectivity index is 1.58. The van der Waals surface area contributed by atoms with Crippen molar-refractivity contribution in [2.75, 3.05) is 72.0 Å². The van der Waals surface area contributed by atoms with Crippen molar-refractivity contribution in [1.82, 2.24) is 14.8 Å². The fourth-order valence-corrected chi connectivity index (χ4v) is 5.29. The first-order valence-electron chi connectivity index (χ1n) is 10.4. The number of piperidine rings is 1. The lowest BCUT2D eigenvalue weighted by atomic mass is 9.96. The van der Waals surface area contributed by atoms with E-state index in [0.29, 0.717) is 11.3 Å². The van der Waals surface area contributed by atoms with Crippen LogP contribution in [0.2, 0.25) is 5.15 Å². The lowest BCUT2D eigenvalue weighted by molar-refractivity contribution is 0.0555. The summed E-state index contributed by atoms with van der Waals surface area (Å²) >= 11 is 8.16. The van der Waals surface area contributed by atoms with Gasteiger partial charge in [0.25, 0.3) is 0 Å². The van der Waals surface area contributed by atoms with Gasteiger partial charge in [-0.05, 0) is 44.7 Å². The van der Waals surface area contributed by atoms with E-state index >= 15 is 0 Å². The number of hydrogen-bond donors (Lipinski definition) is 0. The van der Waals surface area contributed by atoms with E-state index in [1.54, 1.807) is 18.4 Å². The summed E-state index contributed by atoms with van der Waals surface area (Å²) in [6.07, 6.45) is 5.23. The van der Waals surface area contributed by atoms with Crippen LogP contribution in [0.1, 0.15) is 30.6 Å². The zero-order valence-corrected chi connectivity index (χ0v) is 19.1. The highest BCUT2D eigenvalue weighted by Gasteiger charge is 2.26. The molecule has 28 heavy (non-hydrogen) atoms. The molecule has 2 fully saturated rings. The molecule has 0 aromatic carbocycles. The minimum absolute atomic E-state index is 0.363. The van der Waals surface area contributed by atoms with Crippen molar-refractivity contribution in [3.8, 4) is 0 Å². The summed E-state index contributed by atoms with van der Waals surface area (Å²) in [4.78, 5) is 12.8. The zero-order valence-electron chi connectivity index (χ0n) is 17.5. The number of likely N-dealkylation sites (tertiary alicyclic amines) is 1. The summed E-state index contributed by atoms with van der Waals surface area (Å²) in [6.45, 7) is 8.11. The van der Waals surface area contributed by atoms with Crippen molar-refractivity contribution in [1.29, 1.82) is 0 Å². The Kier molecular flexibility index (Phi) is 8.81. The van der Waals surface area contributed by atoms with Crippen LogP contribution in [0.3, 0.4) is 0 Å². The van der Waals surface area contributed by atoms with Gasteiger partial charge in [0.05, 0.1) is 17.6 Å². The molecule has 6 nitrogen and oxygen atoms in total. The van der Waals surface area contributed by atoms with E-state index in [9.17, 15) is 0 Å². The van der Waals surface area contributed by atoms with Crippen molar-refractivity contribution >= 4 is 28.1 Å². The fourth-order valence-electron chi connectivity index (χ4n) is 4.07. The molecule has 160 valence electrons. The lowest BCUT2D eigenvalue weighted by Gasteiger charge is -2.35. The van der Waals surface area contributed by atoms with Gasteiger partial charge in [-0.1, -0.05) is 22.9 Å². The molecule has 2 aliphatic rings. The summed E-state index contributed by atoms with van der Waals surface area (Å²) in [5, 5.41) is 1.63. The van der Waals surface area contributed by atoms with Crippen LogP contribution in [0, 0.1) is 5.92 Å². The second-order valence-corrected chi connectivity index (χ2v) is 9.63. The second kappa shape index (κ2) is 11.1. The molecule has 0 N–H and O–H groups in total. The molecule has 0 aliphatic carbocycles. The topological polar surface area (TPSA) is 41.1 Å². The molecule has 1 atom stereocenters. The molecule has 0 bridgehead atoms. The minimum atomic E-state index is 0.363. The number of ether oxygens (including phenoxy) is 2. The van der Waals surface area contributed by atoms with Crippen LogP contribution in [0.5, 0.6) is 0 Å². The number of halogens is 1. The van der Waals surface area contributed by atoms with E-state index in [0.717, 1.165) is 50.4 Å². The third-order valence-corrected chi connectivity index (χ3v) is 7.34. The molecule has 1 aromatic heterocycles. The maximum absolute atomic E-state index is 6.46. The average molecular weight is 431 g/mol. The predicted octanol–water partition coefficient (Wildman–Crippen LogP) is 3.20. The van der Waals surface area contributed by atoms with E-state index < -0.39 is 0 Å². The first kappa shape index (κ1) is 22.2. The molecule has 0 spiro atoms. The van der Waals surface area contributed by atoms with E-state index in [1.165, 1.54) is 43.6 Å². The monoisotopic (exact) mass is 430 g/mol. The lowest BCUT2D eigenvalue weighted by Crippen LogP contribution is -2.41. The fraction of sp³-hybridized carbons (Fsp3) is 0.850. The number of hydrogen-bond acceptors (Lipinski definition) is 7. The Morgan fingerprint density at radius 2 is 2.04 bits per heavy atom. The summed E-state index contributed by atoms with van der Waals surface area (Å²) < 4.78 is 11.2. The molecular weight excluding hydrogens is 396 g/mol. The van der Waals surface area contributed by atoms with Gasteiger partial charge in [-0.15, -0.1) is 0 Å². The highest BCUT2D eigenvalue weighted by molar-refractivity contribution is 7.16. The van der Waals surface area contributed by atoms with E-state index in [1.807, 2.05) is 19.0 Å². The first-order valence-corrected chi connectivity index (χ1v) is 11.6. The number of anilines is 1. The molecule has 2 saturated heterocycles. The number of rotatable bonds is 10. The van der Waals surface area contributed by atoms with Crippen molar-refractivity contribution in [2.45, 2.75) is 38.3 Å². The van der Waals surface area contributed by atoms with E-state index in [2.05, 4.69) is 14.8 Å². The summed E-state index contributed by atoms with van der Waals surface area (Å²) in [5.41, 5.74) is 0. The smallest absolute Gasteiger partial charge is 0.186 e. The van der Waals surface area contributed by atoms with Crippen molar-refractivity contribution in [3.05, 3.63) is 10.0 Å². The Labute approximate surface area is 178 Å². The van der Waals surface area contributed by atoms with Gasteiger partial charge in [0.2, 0.25) is 0 Å². The molecule has 0 saturated carbocycles. The van der Waals surface area contributed by atoms with Crippen LogP contribution in [0.15, 0.2) is 0 Å². The Hall–Kier alpha value is -0.440. The van der Waals surface area contributed by atoms with E-state index in [4.69, 9.17) is 21.1 Å². The number of nitrogens with zero attached hydrogens (tertiary/aromatic N) is 4. The summed E-state index contributed by atoms with van der Waals surface area (Å²) in [6, 6.07) is 0. The Morgan fingerprint density at radius 1 is 1.25 bits per heavy atom. The van der Waals surface area contributed by atoms with Gasteiger partial charge >= 0.3 is 0 Å². The minimum Gasteiger partial charge on any atom is -0.383 e. The van der Waals surface area contributed by atoms with Crippen LogP contribution in [-0.2, 0) is 16.0 Å². The van der Waals surface area contributed by atoms with Gasteiger partial charge in [-0.3, -0.25) is 4.90 Å². The molecule has 3 rings (SSSR count). The highest BCUT2D eigenvalue weighted by atomic mass is 35.5. The number of aromatic nitrogens is 1. The molecule has 0 radical (unpaired) electrons. The molecular formula is C20H35ClN4O2S. The summed E-state index contributed by atoms with van der Waals surface area (Å²) in [7, 11) is 5.81. The van der Waals surface area contributed by atoms with Crippen molar-refractivity contribution in [3.63, 3.8) is 0 Å². The number of methoxy groups -OCH3 is 1. The second-order valence-electron chi connectivity index (χ2n) is 8.21. The van der Waals surface area contributed by atoms with Gasteiger partial charge in [-0.2, -0.15) is 0 Å². The molecule has 0 amide bonds. The van der Waals surface area contributed by atoms with Crippen LogP contribution in [-0.4, -0.2) is 88.0 Å². The van der Waals surface area contributed by atoms with Gasteiger partial charge in [0, 0.05) is 54.0 Å². The van der Waals surface area contributed by atoms with Gasteiger partial charge in [0.15, 0.2) is 5.13 Å². The zero-order chi connectivity index (χ0) is 19.9. The van der Waals surface area contributed by atoms with Crippen LogP contribution in [0.25, 0.3) is 0 Å². The average Bonchev–Trinajstić information content (AvgIpc) is 3.31. The standard InChI is InChI=1S/C20H35ClN4O2S/c1-23(2)20-22-19(21)18(28-20)15-25(14-17-5-4-11-27-17)13-16-6-8-24(9-7-16)10-12-26-3/h16-17H,4-15H2,1-3H3. The summed E-state index contributed by atoms with van der Waals surface area (Å²) in [5.74, 6) is 0.736. The van der Waals surface area contributed by atoms with Gasteiger partial charge in [0.1, 0.15) is 5.15 Å². The molecule has 1 unspecified atom stereocenters. The van der Waals surface area contributed by atoms with Crippen LogP contribution >= 0.6 is 22.9 Å². The maximum atomic E-state index is 6.46. The molecule has 1 aromatic rings. The van der Waals surface area contributed by atoms with Crippen LogP contribution < -0.4 is 4.90 Å². The maximum Gasteiger partial charge on any atom is 0.186 e. The highest BCUT2D eigenvalue weighted by Crippen LogP contribution is 2.31. The Bertz CT molecular complexity index is 587. The molecule has 3 heterocycles. The molecule has 8 heteroatoms. The third kappa shape index (κ3) is 6.54. The van der Waals surface area contributed by atoms with E-state index in [-0.39, 0.29) is 0 Å². The van der Waals surface area contributed by atoms with Gasteiger partial charge < -0.3 is 19.3 Å². The van der Waals surface area contributed by atoms with Crippen molar-refractivity contribution in [2.24, 2.45) is 5.92 Å². The van der Waals surface area contributed by atoms with Gasteiger partial charge in [-0.25, -0.2) is 4.98 Å². The Morgan fingerprint density at radius 3 is 2.64 bits per heavy atom. The largest absolute Gasteiger partial charge is 0.383 e. The SMILES string of the molecule is COCCN1CCC(CN(Cc2sc(N(C)C)nc2Cl)CC2CCCO2)CC1. The molecule has 2 aliphatic heterocycles. The normalized spacial score (nSPS) is 21.7. The quantitative estimate of drug-likeness (QED) is 0.567. The van der Waals surface area contributed by atoms with Crippen LogP contribution in [0.4, 0.5) is 5.13 Å². The third-order valence-electron chi connectivity index (χ3n) is 5.71. The number of thiazole rings is 1. The van der Waals surface area contributed by atoms with Crippen molar-refractivity contribution < 1.29 is 9.47 Å².